The SMILES string of the molecule is Cc1ccc(C2(COC(=O)c3ccccc3)CO2)c(OC(=O)C(C)C)c1. The molecule has 1 aliphatic heterocycles. The van der Waals surface area contributed by atoms with Crippen LogP contribution in [0.4, 0.5) is 0 Å². The molecule has 0 bridgehead atoms. The third-order valence-electron chi connectivity index (χ3n) is 4.25. The highest BCUT2D eigenvalue weighted by molar-refractivity contribution is 5.89. The lowest BCUT2D eigenvalue weighted by molar-refractivity contribution is -0.137. The van der Waals surface area contributed by atoms with E-state index >= 15 is 0 Å². The van der Waals surface area contributed by atoms with Crippen molar-refractivity contribution in [2.45, 2.75) is 26.4 Å². The molecule has 0 N–H and O–H groups in total. The van der Waals surface area contributed by atoms with Crippen molar-refractivity contribution in [1.82, 2.24) is 0 Å². The van der Waals surface area contributed by atoms with Crippen LogP contribution in [0.2, 0.25) is 0 Å². The molecule has 0 aromatic heterocycles. The molecule has 1 aliphatic rings. The second kappa shape index (κ2) is 7.30. The maximum absolute atomic E-state index is 12.2. The monoisotopic (exact) mass is 354 g/mol. The van der Waals surface area contributed by atoms with Crippen LogP contribution in [0, 0.1) is 12.8 Å². The van der Waals surface area contributed by atoms with E-state index in [0.717, 1.165) is 11.1 Å². The van der Waals surface area contributed by atoms with Gasteiger partial charge in [-0.3, -0.25) is 4.79 Å². The van der Waals surface area contributed by atoms with E-state index < -0.39 is 11.6 Å². The van der Waals surface area contributed by atoms with Gasteiger partial charge in [-0.1, -0.05) is 44.2 Å². The van der Waals surface area contributed by atoms with Crippen LogP contribution in [-0.2, 0) is 19.9 Å². The van der Waals surface area contributed by atoms with Gasteiger partial charge in [-0.05, 0) is 30.7 Å². The van der Waals surface area contributed by atoms with Gasteiger partial charge in [0.2, 0.25) is 0 Å². The van der Waals surface area contributed by atoms with E-state index in [1.807, 2.05) is 25.1 Å². The van der Waals surface area contributed by atoms with Gasteiger partial charge in [0.15, 0.2) is 5.60 Å². The first-order valence-corrected chi connectivity index (χ1v) is 8.60. The molecule has 0 amide bonds. The van der Waals surface area contributed by atoms with Crippen LogP contribution in [0.25, 0.3) is 0 Å². The summed E-state index contributed by atoms with van der Waals surface area (Å²) in [5.74, 6) is -0.505. The van der Waals surface area contributed by atoms with Crippen LogP contribution in [0.5, 0.6) is 5.75 Å². The third-order valence-corrected chi connectivity index (χ3v) is 4.25. The average Bonchev–Trinajstić information content (AvgIpc) is 3.41. The number of epoxide rings is 1. The number of rotatable bonds is 6. The molecule has 5 nitrogen and oxygen atoms in total. The Balaban J connectivity index is 1.77. The van der Waals surface area contributed by atoms with Crippen molar-refractivity contribution in [2.24, 2.45) is 5.92 Å². The second-order valence-corrected chi connectivity index (χ2v) is 6.80. The van der Waals surface area contributed by atoms with E-state index in [4.69, 9.17) is 14.2 Å². The Bertz CT molecular complexity index is 806. The molecule has 26 heavy (non-hydrogen) atoms. The molecular weight excluding hydrogens is 332 g/mol. The van der Waals surface area contributed by atoms with Crippen LogP contribution in [-0.4, -0.2) is 25.2 Å². The van der Waals surface area contributed by atoms with Crippen molar-refractivity contribution < 1.29 is 23.8 Å². The predicted octanol–water partition coefficient (Wildman–Crippen LogP) is 3.64. The highest BCUT2D eigenvalue weighted by Crippen LogP contribution is 2.44. The van der Waals surface area contributed by atoms with Crippen molar-refractivity contribution in [3.8, 4) is 5.75 Å². The molecule has 5 heteroatoms. The van der Waals surface area contributed by atoms with Gasteiger partial charge in [0.1, 0.15) is 12.4 Å². The van der Waals surface area contributed by atoms with Gasteiger partial charge in [0, 0.05) is 5.56 Å². The smallest absolute Gasteiger partial charge is 0.338 e. The fourth-order valence-corrected chi connectivity index (χ4v) is 2.56. The summed E-state index contributed by atoms with van der Waals surface area (Å²) in [5.41, 5.74) is 1.42. The number of aryl methyl sites for hydroxylation is 1. The number of ether oxygens (including phenoxy) is 3. The number of hydrogen-bond donors (Lipinski definition) is 0. The Kier molecular flexibility index (Phi) is 5.09. The van der Waals surface area contributed by atoms with Crippen molar-refractivity contribution >= 4 is 11.9 Å². The molecule has 0 spiro atoms. The second-order valence-electron chi connectivity index (χ2n) is 6.80. The van der Waals surface area contributed by atoms with Crippen molar-refractivity contribution in [3.63, 3.8) is 0 Å². The zero-order valence-corrected chi connectivity index (χ0v) is 15.2. The van der Waals surface area contributed by atoms with Crippen LogP contribution in [0.15, 0.2) is 48.5 Å². The Labute approximate surface area is 152 Å². The van der Waals surface area contributed by atoms with Gasteiger partial charge >= 0.3 is 11.9 Å². The molecule has 1 fully saturated rings. The predicted molar refractivity (Wildman–Crippen MR) is 96.0 cm³/mol. The summed E-state index contributed by atoms with van der Waals surface area (Å²) >= 11 is 0. The molecule has 0 radical (unpaired) electrons. The van der Waals surface area contributed by atoms with Gasteiger partial charge in [0.05, 0.1) is 18.1 Å². The quantitative estimate of drug-likeness (QED) is 0.450. The van der Waals surface area contributed by atoms with Gasteiger partial charge < -0.3 is 14.2 Å². The third kappa shape index (κ3) is 3.94. The molecule has 2 aromatic carbocycles. The molecular formula is C21H22O5. The van der Waals surface area contributed by atoms with E-state index in [9.17, 15) is 9.59 Å². The number of carbonyl (C=O) groups excluding carboxylic acids is 2. The van der Waals surface area contributed by atoms with E-state index in [0.29, 0.717) is 17.9 Å². The minimum Gasteiger partial charge on any atom is -0.459 e. The molecule has 136 valence electrons. The molecule has 0 saturated carbocycles. The molecule has 2 aromatic rings. The molecule has 1 saturated heterocycles. The van der Waals surface area contributed by atoms with Crippen LogP contribution in [0.1, 0.15) is 35.3 Å². The minimum absolute atomic E-state index is 0.0655. The normalized spacial score (nSPS) is 18.5. The highest BCUT2D eigenvalue weighted by atomic mass is 16.6. The van der Waals surface area contributed by atoms with Crippen LogP contribution < -0.4 is 4.74 Å². The van der Waals surface area contributed by atoms with Crippen LogP contribution in [0.3, 0.4) is 0 Å². The van der Waals surface area contributed by atoms with Gasteiger partial charge in [-0.15, -0.1) is 0 Å². The fourth-order valence-electron chi connectivity index (χ4n) is 2.56. The van der Waals surface area contributed by atoms with Gasteiger partial charge in [0.25, 0.3) is 0 Å². The van der Waals surface area contributed by atoms with Crippen molar-refractivity contribution in [1.29, 1.82) is 0 Å². The molecule has 3 rings (SSSR count). The zero-order chi connectivity index (χ0) is 18.7. The largest absolute Gasteiger partial charge is 0.459 e. The Hall–Kier alpha value is -2.66. The highest BCUT2D eigenvalue weighted by Gasteiger charge is 2.50. The van der Waals surface area contributed by atoms with E-state index in [1.54, 1.807) is 44.2 Å². The molecule has 1 atom stereocenters. The lowest BCUT2D eigenvalue weighted by Crippen LogP contribution is -2.23. The first kappa shape index (κ1) is 18.1. The topological polar surface area (TPSA) is 65.1 Å². The van der Waals surface area contributed by atoms with E-state index in [2.05, 4.69) is 0 Å². The lowest BCUT2D eigenvalue weighted by atomic mass is 9.98. The minimum atomic E-state index is -0.759. The zero-order valence-electron chi connectivity index (χ0n) is 15.2. The van der Waals surface area contributed by atoms with E-state index in [1.165, 1.54) is 0 Å². The summed E-state index contributed by atoms with van der Waals surface area (Å²) in [4.78, 5) is 24.2. The summed E-state index contributed by atoms with van der Waals surface area (Å²) in [7, 11) is 0. The lowest BCUT2D eigenvalue weighted by Gasteiger charge is -2.18. The molecule has 1 unspecified atom stereocenters. The van der Waals surface area contributed by atoms with Crippen molar-refractivity contribution in [3.05, 3.63) is 65.2 Å². The Morgan fingerprint density at radius 3 is 2.46 bits per heavy atom. The average molecular weight is 354 g/mol. The Morgan fingerprint density at radius 2 is 1.85 bits per heavy atom. The molecule has 1 heterocycles. The van der Waals surface area contributed by atoms with E-state index in [-0.39, 0.29) is 18.5 Å². The summed E-state index contributed by atoms with van der Waals surface area (Å²) in [5, 5.41) is 0. The van der Waals surface area contributed by atoms with Crippen molar-refractivity contribution in [2.75, 3.05) is 13.2 Å². The van der Waals surface area contributed by atoms with Gasteiger partial charge in [-0.2, -0.15) is 0 Å². The Morgan fingerprint density at radius 1 is 1.15 bits per heavy atom. The maximum atomic E-state index is 12.2. The fraction of sp³-hybridized carbons (Fsp3) is 0.333. The standard InChI is InChI=1S/C21H22O5/c1-14(2)19(22)26-18-11-15(3)9-10-17(18)21(13-25-21)12-24-20(23)16-7-5-4-6-8-16/h4-11,14H,12-13H2,1-3H3. The number of esters is 2. The summed E-state index contributed by atoms with van der Waals surface area (Å²) in [6.07, 6.45) is 0. The number of hydrogen-bond acceptors (Lipinski definition) is 5. The summed E-state index contributed by atoms with van der Waals surface area (Å²) in [6.45, 7) is 5.96. The first-order chi connectivity index (χ1) is 12.4. The summed E-state index contributed by atoms with van der Waals surface area (Å²) < 4.78 is 16.6. The summed E-state index contributed by atoms with van der Waals surface area (Å²) in [6, 6.07) is 14.4. The van der Waals surface area contributed by atoms with Crippen LogP contribution >= 0.6 is 0 Å². The molecule has 0 aliphatic carbocycles. The number of benzene rings is 2. The maximum Gasteiger partial charge on any atom is 0.338 e. The van der Waals surface area contributed by atoms with Gasteiger partial charge in [-0.25, -0.2) is 4.79 Å². The first-order valence-electron chi connectivity index (χ1n) is 8.60. The number of carbonyl (C=O) groups is 2.